The summed E-state index contributed by atoms with van der Waals surface area (Å²) in [5.74, 6) is -6.09. The molecule has 0 amide bonds. The number of carbonyl (C=O) groups excluding carboxylic acids is 2. The van der Waals surface area contributed by atoms with E-state index in [0.29, 0.717) is 6.42 Å². The summed E-state index contributed by atoms with van der Waals surface area (Å²) < 4.78 is 45.6. The van der Waals surface area contributed by atoms with Crippen molar-refractivity contribution in [2.24, 2.45) is 5.92 Å². The van der Waals surface area contributed by atoms with Crippen molar-refractivity contribution in [3.8, 4) is 0 Å². The monoisotopic (exact) mass is 242 g/mol. The van der Waals surface area contributed by atoms with E-state index in [4.69, 9.17) is 0 Å². The van der Waals surface area contributed by atoms with E-state index in [2.05, 4.69) is 9.47 Å². The Labute approximate surface area is 90.7 Å². The quantitative estimate of drug-likeness (QED) is 0.543. The molecule has 0 aromatic carbocycles. The molecule has 0 N–H and O–H groups in total. The minimum Gasteiger partial charge on any atom is -0.465 e. The summed E-state index contributed by atoms with van der Waals surface area (Å²) in [7, 11) is 0. The lowest BCUT2D eigenvalue weighted by Gasteiger charge is -2.17. The highest BCUT2D eigenvalue weighted by Crippen LogP contribution is 2.28. The van der Waals surface area contributed by atoms with E-state index in [9.17, 15) is 22.8 Å². The zero-order valence-corrected chi connectivity index (χ0v) is 8.97. The molecule has 1 unspecified atom stereocenters. The second-order valence-electron chi connectivity index (χ2n) is 2.89. The fraction of sp³-hybridized carbons (Fsp3) is 0.778. The largest absolute Gasteiger partial charge is 0.465 e. The zero-order valence-electron chi connectivity index (χ0n) is 8.97. The van der Waals surface area contributed by atoms with Gasteiger partial charge in [-0.25, -0.2) is 0 Å². The van der Waals surface area contributed by atoms with Gasteiger partial charge in [0.15, 0.2) is 0 Å². The fourth-order valence-electron chi connectivity index (χ4n) is 0.875. The number of carbonyl (C=O) groups is 2. The Kier molecular flexibility index (Phi) is 5.84. The van der Waals surface area contributed by atoms with Crippen molar-refractivity contribution in [2.75, 3.05) is 13.2 Å². The molecule has 0 aliphatic carbocycles. The van der Waals surface area contributed by atoms with E-state index in [1.165, 1.54) is 6.92 Å². The molecule has 0 aromatic rings. The molecule has 0 rings (SSSR count). The van der Waals surface area contributed by atoms with Crippen LogP contribution in [0.1, 0.15) is 20.3 Å². The van der Waals surface area contributed by atoms with Gasteiger partial charge < -0.3 is 9.47 Å². The minimum absolute atomic E-state index is 0.162. The first-order chi connectivity index (χ1) is 7.34. The highest BCUT2D eigenvalue weighted by Gasteiger charge is 2.52. The second-order valence-corrected chi connectivity index (χ2v) is 2.89. The predicted octanol–water partition coefficient (Wildman–Crippen LogP) is 1.68. The summed E-state index contributed by atoms with van der Waals surface area (Å²) in [5.41, 5.74) is 0. The number of alkyl halides is 3. The lowest BCUT2D eigenvalue weighted by atomic mass is 10.1. The Balaban J connectivity index is 4.68. The van der Waals surface area contributed by atoms with Gasteiger partial charge in [0.2, 0.25) is 5.92 Å². The van der Waals surface area contributed by atoms with Crippen molar-refractivity contribution >= 4 is 11.9 Å². The van der Waals surface area contributed by atoms with Gasteiger partial charge >= 0.3 is 18.1 Å². The summed E-state index contributed by atoms with van der Waals surface area (Å²) in [5, 5.41) is 0. The van der Waals surface area contributed by atoms with Gasteiger partial charge in [-0.3, -0.25) is 9.59 Å². The number of hydrogen-bond donors (Lipinski definition) is 0. The highest BCUT2D eigenvalue weighted by molar-refractivity contribution is 5.95. The van der Waals surface area contributed by atoms with E-state index in [-0.39, 0.29) is 13.2 Å². The van der Waals surface area contributed by atoms with Crippen LogP contribution in [0.5, 0.6) is 0 Å². The van der Waals surface area contributed by atoms with Crippen LogP contribution in [-0.2, 0) is 19.1 Å². The van der Waals surface area contributed by atoms with Gasteiger partial charge in [0.1, 0.15) is 0 Å². The lowest BCUT2D eigenvalue weighted by molar-refractivity contribution is -0.208. The first-order valence-electron chi connectivity index (χ1n) is 4.74. The van der Waals surface area contributed by atoms with Crippen molar-refractivity contribution in [2.45, 2.75) is 26.4 Å². The molecule has 0 radical (unpaired) electrons. The Bertz CT molecular complexity index is 250. The van der Waals surface area contributed by atoms with Gasteiger partial charge in [0, 0.05) is 0 Å². The first-order valence-corrected chi connectivity index (χ1v) is 4.74. The number of halogens is 3. The molecular weight excluding hydrogens is 229 g/mol. The average molecular weight is 242 g/mol. The molecule has 1 atom stereocenters. The van der Waals surface area contributed by atoms with Gasteiger partial charge in [0.25, 0.3) is 0 Å². The minimum atomic E-state index is -4.99. The standard InChI is InChI=1S/C9H13F3O4/c1-3-5-16-8(14)6(9(10,11)12)7(13)15-4-2/h6H,3-5H2,1-2H3. The van der Waals surface area contributed by atoms with Crippen LogP contribution in [0.15, 0.2) is 0 Å². The average Bonchev–Trinajstić information content (AvgIpc) is 2.13. The normalized spacial score (nSPS) is 13.1. The van der Waals surface area contributed by atoms with Gasteiger partial charge in [-0.05, 0) is 13.3 Å². The van der Waals surface area contributed by atoms with Crippen LogP contribution in [0.4, 0.5) is 13.2 Å². The molecule has 0 fully saturated rings. The number of esters is 2. The smallest absolute Gasteiger partial charge is 0.412 e. The molecule has 7 heteroatoms. The highest BCUT2D eigenvalue weighted by atomic mass is 19.4. The van der Waals surface area contributed by atoms with E-state index in [0.717, 1.165) is 0 Å². The zero-order chi connectivity index (χ0) is 12.8. The molecule has 0 aliphatic heterocycles. The predicted molar refractivity (Wildman–Crippen MR) is 47.4 cm³/mol. The Morgan fingerprint density at radius 1 is 1.12 bits per heavy atom. The maximum atomic E-state index is 12.4. The molecule has 94 valence electrons. The summed E-state index contributed by atoms with van der Waals surface area (Å²) in [6, 6.07) is 0. The topological polar surface area (TPSA) is 52.6 Å². The SMILES string of the molecule is CCCOC(=O)C(C(=O)OCC)C(F)(F)F. The first kappa shape index (κ1) is 14.7. The number of hydrogen-bond acceptors (Lipinski definition) is 4. The molecule has 16 heavy (non-hydrogen) atoms. The van der Waals surface area contributed by atoms with Crippen LogP contribution in [0.2, 0.25) is 0 Å². The molecule has 0 spiro atoms. The molecular formula is C9H13F3O4. The van der Waals surface area contributed by atoms with Crippen LogP contribution in [0.3, 0.4) is 0 Å². The summed E-state index contributed by atoms with van der Waals surface area (Å²) in [6.45, 7) is 2.58. The third-order valence-electron chi connectivity index (χ3n) is 1.53. The van der Waals surface area contributed by atoms with Gasteiger partial charge in [-0.1, -0.05) is 6.92 Å². The van der Waals surface area contributed by atoms with Crippen LogP contribution >= 0.6 is 0 Å². The third kappa shape index (κ3) is 4.50. The molecule has 0 saturated carbocycles. The lowest BCUT2D eigenvalue weighted by Crippen LogP contribution is -2.39. The van der Waals surface area contributed by atoms with Crippen LogP contribution in [0.25, 0.3) is 0 Å². The van der Waals surface area contributed by atoms with E-state index < -0.39 is 24.0 Å². The summed E-state index contributed by atoms with van der Waals surface area (Å²) in [6.07, 6.45) is -4.61. The Morgan fingerprint density at radius 3 is 2.00 bits per heavy atom. The maximum Gasteiger partial charge on any atom is 0.412 e. The van der Waals surface area contributed by atoms with Crippen molar-refractivity contribution in [3.05, 3.63) is 0 Å². The van der Waals surface area contributed by atoms with Gasteiger partial charge in [-0.2, -0.15) is 13.2 Å². The van der Waals surface area contributed by atoms with Gasteiger partial charge in [-0.15, -0.1) is 0 Å². The molecule has 0 aromatic heterocycles. The fourth-order valence-corrected chi connectivity index (χ4v) is 0.875. The van der Waals surface area contributed by atoms with Crippen molar-refractivity contribution < 1.29 is 32.2 Å². The van der Waals surface area contributed by atoms with Crippen LogP contribution < -0.4 is 0 Å². The van der Waals surface area contributed by atoms with Crippen LogP contribution in [-0.4, -0.2) is 31.3 Å². The van der Waals surface area contributed by atoms with Crippen molar-refractivity contribution in [1.82, 2.24) is 0 Å². The van der Waals surface area contributed by atoms with Crippen molar-refractivity contribution in [3.63, 3.8) is 0 Å². The third-order valence-corrected chi connectivity index (χ3v) is 1.53. The van der Waals surface area contributed by atoms with Crippen LogP contribution in [0, 0.1) is 5.92 Å². The van der Waals surface area contributed by atoms with E-state index in [1.54, 1.807) is 6.92 Å². The molecule has 0 bridgehead atoms. The molecule has 0 heterocycles. The molecule has 4 nitrogen and oxygen atoms in total. The van der Waals surface area contributed by atoms with E-state index >= 15 is 0 Å². The van der Waals surface area contributed by atoms with Gasteiger partial charge in [0.05, 0.1) is 13.2 Å². The maximum absolute atomic E-state index is 12.4. The summed E-state index contributed by atoms with van der Waals surface area (Å²) >= 11 is 0. The Hall–Kier alpha value is -1.27. The molecule has 0 saturated heterocycles. The molecule has 0 aliphatic rings. The number of ether oxygens (including phenoxy) is 2. The Morgan fingerprint density at radius 2 is 1.62 bits per heavy atom. The van der Waals surface area contributed by atoms with E-state index in [1.807, 2.05) is 0 Å². The second kappa shape index (κ2) is 6.34. The van der Waals surface area contributed by atoms with Crippen molar-refractivity contribution in [1.29, 1.82) is 0 Å². The number of rotatable bonds is 5. The summed E-state index contributed by atoms with van der Waals surface area (Å²) in [4.78, 5) is 22.0.